The lowest BCUT2D eigenvalue weighted by Gasteiger charge is -2.17. The predicted molar refractivity (Wildman–Crippen MR) is 63.3 cm³/mol. The fraction of sp³-hybridized carbons (Fsp3) is 0.300. The van der Waals surface area contributed by atoms with Crippen molar-refractivity contribution in [2.75, 3.05) is 6.54 Å². The Balaban J connectivity index is 3.10. The molecule has 102 valence electrons. The molecule has 0 aliphatic carbocycles. The van der Waals surface area contributed by atoms with Crippen LogP contribution < -0.4 is 0 Å². The van der Waals surface area contributed by atoms with E-state index in [1.165, 1.54) is 0 Å². The summed E-state index contributed by atoms with van der Waals surface area (Å²) in [7, 11) is 0. The van der Waals surface area contributed by atoms with Gasteiger partial charge in [-0.15, -0.1) is 0 Å². The molecule has 1 aromatic carbocycles. The molecule has 0 aromatic heterocycles. The number of aromatic carboxylic acids is 1. The van der Waals surface area contributed by atoms with E-state index in [1.807, 2.05) is 0 Å². The molecular formula is C10H9ClFN3O4. The molecule has 9 heteroatoms. The van der Waals surface area contributed by atoms with Gasteiger partial charge in [0.1, 0.15) is 11.9 Å². The second-order valence-corrected chi connectivity index (χ2v) is 3.99. The minimum Gasteiger partial charge on any atom is -0.478 e. The Morgan fingerprint density at radius 3 is 2.68 bits per heavy atom. The number of carboxylic acids is 1. The van der Waals surface area contributed by atoms with Crippen molar-refractivity contribution >= 4 is 17.6 Å². The molecule has 1 aromatic rings. The molecule has 0 aliphatic rings. The normalized spacial score (nSPS) is 13.5. The second-order valence-electron chi connectivity index (χ2n) is 3.58. The topological polar surface area (TPSA) is 127 Å². The Bertz CT molecular complexity index is 548. The third-order valence-electron chi connectivity index (χ3n) is 2.33. The van der Waals surface area contributed by atoms with Crippen molar-refractivity contribution in [1.82, 2.24) is 0 Å². The van der Waals surface area contributed by atoms with Crippen LogP contribution in [0.3, 0.4) is 0 Å². The van der Waals surface area contributed by atoms with Crippen LogP contribution in [0.2, 0.25) is 5.02 Å². The predicted octanol–water partition coefficient (Wildman–Crippen LogP) is 1.88. The third-order valence-corrected chi connectivity index (χ3v) is 2.64. The first-order valence-corrected chi connectivity index (χ1v) is 5.35. The fourth-order valence-corrected chi connectivity index (χ4v) is 1.63. The number of carbonyl (C=O) groups is 1. The van der Waals surface area contributed by atoms with Crippen molar-refractivity contribution in [3.63, 3.8) is 0 Å². The highest BCUT2D eigenvalue weighted by atomic mass is 35.5. The average Bonchev–Trinajstić information content (AvgIpc) is 2.36. The van der Waals surface area contributed by atoms with Crippen LogP contribution in [-0.4, -0.2) is 33.9 Å². The molecule has 2 atom stereocenters. The summed E-state index contributed by atoms with van der Waals surface area (Å²) in [6.07, 6.45) is -3.22. The van der Waals surface area contributed by atoms with Gasteiger partial charge in [0.25, 0.3) is 0 Å². The van der Waals surface area contributed by atoms with Gasteiger partial charge in [0.2, 0.25) is 0 Å². The van der Waals surface area contributed by atoms with Crippen LogP contribution in [0.5, 0.6) is 0 Å². The minimum absolute atomic E-state index is 0.279. The molecule has 7 nitrogen and oxygen atoms in total. The molecule has 0 spiro atoms. The van der Waals surface area contributed by atoms with Gasteiger partial charge in [-0.1, -0.05) is 16.7 Å². The summed E-state index contributed by atoms with van der Waals surface area (Å²) in [4.78, 5) is 13.1. The summed E-state index contributed by atoms with van der Waals surface area (Å²) in [5.74, 6) is -2.45. The van der Waals surface area contributed by atoms with Crippen molar-refractivity contribution in [2.24, 2.45) is 5.11 Å². The fourth-order valence-electron chi connectivity index (χ4n) is 1.38. The van der Waals surface area contributed by atoms with E-state index < -0.39 is 36.1 Å². The number of nitrogens with zero attached hydrogens (tertiary/aromatic N) is 3. The molecule has 0 amide bonds. The Labute approximate surface area is 111 Å². The molecule has 0 saturated heterocycles. The van der Waals surface area contributed by atoms with Crippen molar-refractivity contribution < 1.29 is 24.5 Å². The highest BCUT2D eigenvalue weighted by molar-refractivity contribution is 6.33. The number of carboxylic acid groups (broad SMARTS) is 1. The van der Waals surface area contributed by atoms with E-state index in [0.29, 0.717) is 6.07 Å². The minimum atomic E-state index is -1.69. The first-order chi connectivity index (χ1) is 8.88. The lowest BCUT2D eigenvalue weighted by atomic mass is 10.0. The van der Waals surface area contributed by atoms with E-state index in [9.17, 15) is 19.4 Å². The van der Waals surface area contributed by atoms with Crippen LogP contribution in [0.1, 0.15) is 22.0 Å². The van der Waals surface area contributed by atoms with Gasteiger partial charge in [0.05, 0.1) is 23.2 Å². The SMILES string of the molecule is [N-]=[N+]=NCC(O)C(O)c1cc(Cl)c(C(=O)O)cc1F. The van der Waals surface area contributed by atoms with E-state index in [0.717, 1.165) is 6.07 Å². The van der Waals surface area contributed by atoms with Crippen molar-refractivity contribution in [3.05, 3.63) is 44.5 Å². The van der Waals surface area contributed by atoms with Crippen LogP contribution in [0.15, 0.2) is 17.2 Å². The highest BCUT2D eigenvalue weighted by Gasteiger charge is 2.23. The molecule has 19 heavy (non-hydrogen) atoms. The Kier molecular flexibility index (Phi) is 5.08. The molecule has 3 N–H and O–H groups in total. The molecule has 0 heterocycles. The summed E-state index contributed by atoms with van der Waals surface area (Å²) >= 11 is 5.63. The molecule has 0 bridgehead atoms. The zero-order valence-corrected chi connectivity index (χ0v) is 10.1. The van der Waals surface area contributed by atoms with E-state index in [4.69, 9.17) is 22.2 Å². The summed E-state index contributed by atoms with van der Waals surface area (Å²) in [5, 5.41) is 30.6. The van der Waals surface area contributed by atoms with E-state index >= 15 is 0 Å². The Morgan fingerprint density at radius 2 is 2.16 bits per heavy atom. The summed E-state index contributed by atoms with van der Waals surface area (Å²) in [6, 6.07) is 1.55. The van der Waals surface area contributed by atoms with Crippen LogP contribution in [0.4, 0.5) is 4.39 Å². The van der Waals surface area contributed by atoms with Crippen LogP contribution >= 0.6 is 11.6 Å². The molecule has 1 rings (SSSR count). The van der Waals surface area contributed by atoms with Crippen LogP contribution in [0, 0.1) is 5.82 Å². The standard InChI is InChI=1S/C10H9ClFN3O4/c11-6-1-5(7(12)2-4(6)10(18)19)9(17)8(16)3-14-15-13/h1-2,8-9,16-17H,3H2,(H,18,19). The van der Waals surface area contributed by atoms with Crippen molar-refractivity contribution in [2.45, 2.75) is 12.2 Å². The first-order valence-electron chi connectivity index (χ1n) is 4.97. The maximum Gasteiger partial charge on any atom is 0.337 e. The monoisotopic (exact) mass is 289 g/mol. The summed E-state index contributed by atoms with van der Waals surface area (Å²) in [5.41, 5.74) is 7.23. The molecule has 0 fully saturated rings. The maximum atomic E-state index is 13.6. The number of aliphatic hydroxyl groups is 2. The van der Waals surface area contributed by atoms with Gasteiger partial charge in [-0.25, -0.2) is 9.18 Å². The number of aliphatic hydroxyl groups excluding tert-OH is 2. The highest BCUT2D eigenvalue weighted by Crippen LogP contribution is 2.27. The van der Waals surface area contributed by atoms with Crippen LogP contribution in [-0.2, 0) is 0 Å². The lowest BCUT2D eigenvalue weighted by Crippen LogP contribution is -2.22. The van der Waals surface area contributed by atoms with Crippen molar-refractivity contribution in [3.8, 4) is 0 Å². The van der Waals surface area contributed by atoms with Gasteiger partial charge >= 0.3 is 5.97 Å². The number of rotatable bonds is 5. The Morgan fingerprint density at radius 1 is 1.53 bits per heavy atom. The van der Waals surface area contributed by atoms with Gasteiger partial charge in [0.15, 0.2) is 0 Å². The quantitative estimate of drug-likeness (QED) is 0.434. The van der Waals surface area contributed by atoms with Gasteiger partial charge in [-0.05, 0) is 17.7 Å². The first kappa shape index (κ1) is 15.2. The third kappa shape index (κ3) is 3.55. The number of hydrogen-bond donors (Lipinski definition) is 3. The molecule has 0 saturated carbocycles. The molecular weight excluding hydrogens is 281 g/mol. The number of benzene rings is 1. The zero-order valence-electron chi connectivity index (χ0n) is 9.36. The van der Waals surface area contributed by atoms with E-state index in [1.54, 1.807) is 0 Å². The molecule has 2 unspecified atom stereocenters. The van der Waals surface area contributed by atoms with Crippen LogP contribution in [0.25, 0.3) is 10.4 Å². The number of hydrogen-bond acceptors (Lipinski definition) is 4. The van der Waals surface area contributed by atoms with Gasteiger partial charge < -0.3 is 15.3 Å². The molecule has 0 aliphatic heterocycles. The molecule has 0 radical (unpaired) electrons. The number of halogens is 2. The second kappa shape index (κ2) is 6.35. The van der Waals surface area contributed by atoms with E-state index in [-0.39, 0.29) is 10.6 Å². The average molecular weight is 290 g/mol. The summed E-state index contributed by atoms with van der Waals surface area (Å²) < 4.78 is 13.6. The van der Waals surface area contributed by atoms with Gasteiger partial charge in [0, 0.05) is 10.5 Å². The largest absolute Gasteiger partial charge is 0.478 e. The van der Waals surface area contributed by atoms with Crippen molar-refractivity contribution in [1.29, 1.82) is 0 Å². The van der Waals surface area contributed by atoms with Gasteiger partial charge in [-0.2, -0.15) is 0 Å². The van der Waals surface area contributed by atoms with E-state index in [2.05, 4.69) is 10.0 Å². The smallest absolute Gasteiger partial charge is 0.337 e. The zero-order chi connectivity index (χ0) is 14.6. The Hall–Kier alpha value is -1.86. The summed E-state index contributed by atoms with van der Waals surface area (Å²) in [6.45, 7) is -0.463. The van der Waals surface area contributed by atoms with Gasteiger partial charge in [-0.3, -0.25) is 0 Å². The lowest BCUT2D eigenvalue weighted by molar-refractivity contribution is 0.0222. The number of azide groups is 1. The maximum absolute atomic E-state index is 13.6.